The van der Waals surface area contributed by atoms with E-state index in [9.17, 15) is 13.2 Å². The average molecular weight is 461 g/mol. The molecule has 0 aliphatic rings. The molecule has 2 heterocycles. The lowest BCUT2D eigenvalue weighted by atomic mass is 9.98. The highest BCUT2D eigenvalue weighted by Gasteiger charge is 2.35. The summed E-state index contributed by atoms with van der Waals surface area (Å²) in [5, 5.41) is 17.7. The van der Waals surface area contributed by atoms with Gasteiger partial charge in [0.05, 0.1) is 5.52 Å². The monoisotopic (exact) mass is 461 g/mol. The van der Waals surface area contributed by atoms with Gasteiger partial charge in [-0.3, -0.25) is 0 Å². The van der Waals surface area contributed by atoms with Crippen LogP contribution in [0.1, 0.15) is 17.0 Å². The summed E-state index contributed by atoms with van der Waals surface area (Å²) < 4.78 is 40.0. The molecule has 0 saturated heterocycles. The average Bonchev–Trinajstić information content (AvgIpc) is 3.37. The van der Waals surface area contributed by atoms with Crippen LogP contribution in [0, 0.1) is 6.92 Å². The second kappa shape index (κ2) is 8.54. The largest absolute Gasteiger partial charge is 0.451 e. The van der Waals surface area contributed by atoms with Crippen molar-refractivity contribution in [3.63, 3.8) is 0 Å². The Kier molecular flexibility index (Phi) is 5.40. The summed E-state index contributed by atoms with van der Waals surface area (Å²) in [6, 6.07) is 20.5. The fourth-order valence-corrected chi connectivity index (χ4v) is 3.81. The number of fused-ring (bicyclic) bond motifs is 1. The molecule has 0 aliphatic carbocycles. The molecule has 0 bridgehead atoms. The van der Waals surface area contributed by atoms with Crippen LogP contribution in [-0.2, 0) is 12.7 Å². The number of tetrazole rings is 1. The van der Waals surface area contributed by atoms with Gasteiger partial charge in [-0.05, 0) is 45.7 Å². The number of aromatic amines is 1. The number of aromatic nitrogens is 6. The Bertz CT molecular complexity index is 1450. The van der Waals surface area contributed by atoms with Crippen LogP contribution >= 0.6 is 0 Å². The Morgan fingerprint density at radius 3 is 2.35 bits per heavy atom. The molecule has 170 valence electrons. The van der Waals surface area contributed by atoms with Gasteiger partial charge in [0.15, 0.2) is 5.82 Å². The van der Waals surface area contributed by atoms with Gasteiger partial charge in [-0.15, -0.1) is 5.10 Å². The van der Waals surface area contributed by atoms with Crippen molar-refractivity contribution in [2.45, 2.75) is 19.6 Å². The second-order valence-electron chi connectivity index (χ2n) is 7.71. The molecule has 7 nitrogen and oxygen atoms in total. The molecule has 0 radical (unpaired) electrons. The second-order valence-corrected chi connectivity index (χ2v) is 7.71. The number of alkyl halides is 3. The van der Waals surface area contributed by atoms with E-state index in [0.29, 0.717) is 17.8 Å². The van der Waals surface area contributed by atoms with Crippen LogP contribution in [0.5, 0.6) is 0 Å². The van der Waals surface area contributed by atoms with E-state index in [-0.39, 0.29) is 11.3 Å². The summed E-state index contributed by atoms with van der Waals surface area (Å²) in [6.07, 6.45) is -4.64. The predicted molar refractivity (Wildman–Crippen MR) is 122 cm³/mol. The molecular formula is C24H18F3N7. The van der Waals surface area contributed by atoms with Gasteiger partial charge in [0.1, 0.15) is 5.82 Å². The molecular weight excluding hydrogens is 443 g/mol. The van der Waals surface area contributed by atoms with Crippen molar-refractivity contribution in [3.05, 3.63) is 83.7 Å². The van der Waals surface area contributed by atoms with Crippen LogP contribution in [0.2, 0.25) is 0 Å². The third-order valence-electron chi connectivity index (χ3n) is 5.44. The van der Waals surface area contributed by atoms with Gasteiger partial charge in [-0.2, -0.15) is 13.2 Å². The SMILES string of the molecule is Cc1cccc2nc(C(F)(F)F)nc(NCc3ccc(-c4ccccc4-c4nnn[nH]4)cc3)c12. The number of hydrogen-bond acceptors (Lipinski definition) is 6. The van der Waals surface area contributed by atoms with Gasteiger partial charge in [-0.25, -0.2) is 15.1 Å². The third-order valence-corrected chi connectivity index (χ3v) is 5.44. The molecule has 0 unspecified atom stereocenters. The lowest BCUT2D eigenvalue weighted by Crippen LogP contribution is -2.14. The number of halogens is 3. The standard InChI is InChI=1S/C24H18F3N7/c1-14-5-4-8-19-20(14)22(30-23(29-19)24(25,26)27)28-13-15-9-11-16(12-10-15)17-6-2-3-7-18(17)21-31-33-34-32-21/h2-12H,13H2,1H3,(H,28,29,30)(H,31,32,33,34). The summed E-state index contributed by atoms with van der Waals surface area (Å²) in [7, 11) is 0. The van der Waals surface area contributed by atoms with Crippen molar-refractivity contribution in [3.8, 4) is 22.5 Å². The Balaban J connectivity index is 1.43. The van der Waals surface area contributed by atoms with E-state index in [4.69, 9.17) is 0 Å². The summed E-state index contributed by atoms with van der Waals surface area (Å²) in [4.78, 5) is 7.49. The van der Waals surface area contributed by atoms with Crippen molar-refractivity contribution in [1.82, 2.24) is 30.6 Å². The minimum atomic E-state index is -4.64. The van der Waals surface area contributed by atoms with Crippen LogP contribution in [-0.4, -0.2) is 30.6 Å². The smallest absolute Gasteiger partial charge is 0.365 e. The molecule has 5 rings (SSSR count). The summed E-state index contributed by atoms with van der Waals surface area (Å²) >= 11 is 0. The van der Waals surface area contributed by atoms with E-state index >= 15 is 0 Å². The number of H-pyrrole nitrogens is 1. The highest BCUT2D eigenvalue weighted by atomic mass is 19.4. The minimum Gasteiger partial charge on any atom is -0.365 e. The molecule has 2 aromatic heterocycles. The highest BCUT2D eigenvalue weighted by molar-refractivity contribution is 5.92. The lowest BCUT2D eigenvalue weighted by molar-refractivity contribution is -0.144. The van der Waals surface area contributed by atoms with Crippen molar-refractivity contribution in [1.29, 1.82) is 0 Å². The zero-order valence-electron chi connectivity index (χ0n) is 17.9. The Morgan fingerprint density at radius 1 is 0.882 bits per heavy atom. The number of rotatable bonds is 5. The Hall–Kier alpha value is -4.34. The van der Waals surface area contributed by atoms with E-state index in [1.165, 1.54) is 0 Å². The van der Waals surface area contributed by atoms with E-state index in [1.807, 2.05) is 61.5 Å². The number of benzene rings is 3. The van der Waals surface area contributed by atoms with Crippen molar-refractivity contribution >= 4 is 16.7 Å². The van der Waals surface area contributed by atoms with Crippen molar-refractivity contribution in [2.75, 3.05) is 5.32 Å². The Labute approximate surface area is 192 Å². The molecule has 0 saturated carbocycles. The number of nitrogens with one attached hydrogen (secondary N) is 2. The molecule has 10 heteroatoms. The van der Waals surface area contributed by atoms with Crippen LogP contribution in [0.4, 0.5) is 19.0 Å². The van der Waals surface area contributed by atoms with E-state index < -0.39 is 12.0 Å². The lowest BCUT2D eigenvalue weighted by Gasteiger charge is -2.14. The summed E-state index contributed by atoms with van der Waals surface area (Å²) in [6.45, 7) is 2.12. The zero-order valence-corrected chi connectivity index (χ0v) is 17.9. The fourth-order valence-electron chi connectivity index (χ4n) is 3.81. The van der Waals surface area contributed by atoms with Gasteiger partial charge >= 0.3 is 6.18 Å². The maximum Gasteiger partial charge on any atom is 0.451 e. The van der Waals surface area contributed by atoms with Gasteiger partial charge in [0, 0.05) is 17.5 Å². The van der Waals surface area contributed by atoms with E-state index in [2.05, 4.69) is 35.9 Å². The van der Waals surface area contributed by atoms with Crippen LogP contribution < -0.4 is 5.32 Å². The number of aryl methyl sites for hydroxylation is 1. The third kappa shape index (κ3) is 4.17. The van der Waals surface area contributed by atoms with Gasteiger partial charge < -0.3 is 5.32 Å². The molecule has 0 fully saturated rings. The van der Waals surface area contributed by atoms with Gasteiger partial charge in [-0.1, -0.05) is 60.7 Å². The maximum atomic E-state index is 13.3. The quantitative estimate of drug-likeness (QED) is 0.363. The van der Waals surface area contributed by atoms with Gasteiger partial charge in [0.25, 0.3) is 0 Å². The van der Waals surface area contributed by atoms with Crippen LogP contribution in [0.25, 0.3) is 33.4 Å². The minimum absolute atomic E-state index is 0.155. The first kappa shape index (κ1) is 21.5. The van der Waals surface area contributed by atoms with Crippen LogP contribution in [0.3, 0.4) is 0 Å². The van der Waals surface area contributed by atoms with Crippen LogP contribution in [0.15, 0.2) is 66.7 Å². The predicted octanol–water partition coefficient (Wildman–Crippen LogP) is 5.42. The number of hydrogen-bond donors (Lipinski definition) is 2. The topological polar surface area (TPSA) is 92.3 Å². The van der Waals surface area contributed by atoms with E-state index in [1.54, 1.807) is 12.1 Å². The summed E-state index contributed by atoms with van der Waals surface area (Å²) in [5.74, 6) is -0.447. The zero-order chi connectivity index (χ0) is 23.7. The molecule has 0 amide bonds. The molecule has 34 heavy (non-hydrogen) atoms. The molecule has 2 N–H and O–H groups in total. The first-order valence-corrected chi connectivity index (χ1v) is 10.4. The van der Waals surface area contributed by atoms with Gasteiger partial charge in [0.2, 0.25) is 5.82 Å². The molecule has 0 spiro atoms. The van der Waals surface area contributed by atoms with Crippen molar-refractivity contribution < 1.29 is 13.2 Å². The number of anilines is 1. The highest BCUT2D eigenvalue weighted by Crippen LogP contribution is 2.32. The molecule has 3 aromatic carbocycles. The van der Waals surface area contributed by atoms with Crippen molar-refractivity contribution in [2.24, 2.45) is 0 Å². The number of nitrogens with zero attached hydrogens (tertiary/aromatic N) is 5. The first-order chi connectivity index (χ1) is 16.4. The fraction of sp³-hybridized carbons (Fsp3) is 0.125. The summed E-state index contributed by atoms with van der Waals surface area (Å²) in [5.41, 5.74) is 4.70. The molecule has 0 atom stereocenters. The normalized spacial score (nSPS) is 11.6. The first-order valence-electron chi connectivity index (χ1n) is 10.4. The molecule has 0 aliphatic heterocycles. The van der Waals surface area contributed by atoms with E-state index in [0.717, 1.165) is 27.8 Å². The maximum absolute atomic E-state index is 13.3. The Morgan fingerprint density at radius 2 is 1.65 bits per heavy atom. The molecule has 5 aromatic rings.